The highest BCUT2D eigenvalue weighted by atomic mass is 16.6. The second-order valence-electron chi connectivity index (χ2n) is 3.28. The van der Waals surface area contributed by atoms with E-state index in [0.717, 1.165) is 0 Å². The molecule has 0 heterocycles. The maximum absolute atomic E-state index is 10.9. The number of aliphatic hydroxyl groups excluding tert-OH is 1. The second kappa shape index (κ2) is 5.46. The fourth-order valence-electron chi connectivity index (χ4n) is 1.43. The maximum Gasteiger partial charge on any atom is 0.315 e. The Morgan fingerprint density at radius 1 is 1.47 bits per heavy atom. The molecule has 94 valence electrons. The van der Waals surface area contributed by atoms with E-state index in [1.165, 1.54) is 26.4 Å². The Kier molecular flexibility index (Phi) is 4.24. The van der Waals surface area contributed by atoms with Crippen LogP contribution in [0.3, 0.4) is 0 Å². The van der Waals surface area contributed by atoms with E-state index in [2.05, 4.69) is 0 Å². The molecule has 1 rings (SSSR count). The van der Waals surface area contributed by atoms with Crippen LogP contribution in [0.1, 0.15) is 11.7 Å². The van der Waals surface area contributed by atoms with Crippen LogP contribution in [-0.2, 0) is 0 Å². The Morgan fingerprint density at radius 3 is 2.53 bits per heavy atom. The van der Waals surface area contributed by atoms with Crippen LogP contribution < -0.4 is 15.2 Å². The van der Waals surface area contributed by atoms with Crippen molar-refractivity contribution in [2.24, 2.45) is 5.73 Å². The molecule has 0 radical (unpaired) electrons. The summed E-state index contributed by atoms with van der Waals surface area (Å²) in [7, 11) is 2.67. The van der Waals surface area contributed by atoms with Gasteiger partial charge < -0.3 is 20.3 Å². The molecule has 0 aromatic heterocycles. The summed E-state index contributed by atoms with van der Waals surface area (Å²) < 4.78 is 9.90. The lowest BCUT2D eigenvalue weighted by molar-refractivity contribution is -0.385. The average Bonchev–Trinajstić information content (AvgIpc) is 2.35. The number of ether oxygens (including phenoxy) is 2. The van der Waals surface area contributed by atoms with Gasteiger partial charge >= 0.3 is 5.69 Å². The number of methoxy groups -OCH3 is 2. The number of benzene rings is 1. The quantitative estimate of drug-likeness (QED) is 0.578. The van der Waals surface area contributed by atoms with Gasteiger partial charge in [0.1, 0.15) is 0 Å². The van der Waals surface area contributed by atoms with Crippen LogP contribution in [-0.4, -0.2) is 30.8 Å². The van der Waals surface area contributed by atoms with Gasteiger partial charge in [-0.25, -0.2) is 0 Å². The molecule has 1 aromatic carbocycles. The van der Waals surface area contributed by atoms with E-state index in [0.29, 0.717) is 5.56 Å². The van der Waals surface area contributed by atoms with Gasteiger partial charge in [0.25, 0.3) is 0 Å². The lowest BCUT2D eigenvalue weighted by Gasteiger charge is -2.13. The van der Waals surface area contributed by atoms with Crippen LogP contribution in [0.5, 0.6) is 11.5 Å². The van der Waals surface area contributed by atoms with E-state index >= 15 is 0 Å². The van der Waals surface area contributed by atoms with Gasteiger partial charge in [0.15, 0.2) is 5.75 Å². The first kappa shape index (κ1) is 13.2. The zero-order valence-electron chi connectivity index (χ0n) is 9.54. The molecule has 7 nitrogen and oxygen atoms in total. The number of nitrogens with two attached hydrogens (primary N) is 1. The average molecular weight is 242 g/mol. The van der Waals surface area contributed by atoms with Gasteiger partial charge in [-0.1, -0.05) is 0 Å². The summed E-state index contributed by atoms with van der Waals surface area (Å²) in [4.78, 5) is 10.3. The summed E-state index contributed by atoms with van der Waals surface area (Å²) in [6, 6.07) is 2.68. The third kappa shape index (κ3) is 2.63. The van der Waals surface area contributed by atoms with Gasteiger partial charge in [-0.15, -0.1) is 0 Å². The van der Waals surface area contributed by atoms with Gasteiger partial charge in [-0.05, 0) is 11.6 Å². The standard InChI is InChI=1S/C10H14N2O5/c1-16-9-4-6(8(13)5-11)3-7(12(14)15)10(9)17-2/h3-4,8,13H,5,11H2,1-2H3. The number of rotatable bonds is 5. The minimum Gasteiger partial charge on any atom is -0.493 e. The van der Waals surface area contributed by atoms with Gasteiger partial charge in [0.2, 0.25) is 5.75 Å². The van der Waals surface area contributed by atoms with Crippen molar-refractivity contribution in [3.63, 3.8) is 0 Å². The smallest absolute Gasteiger partial charge is 0.315 e. The molecule has 1 unspecified atom stereocenters. The summed E-state index contributed by atoms with van der Waals surface area (Å²) >= 11 is 0. The number of aliphatic hydroxyl groups is 1. The molecule has 0 spiro atoms. The number of nitro benzene ring substituents is 1. The SMILES string of the molecule is COc1cc(C(O)CN)cc([N+](=O)[O-])c1OC. The van der Waals surface area contributed by atoms with E-state index < -0.39 is 11.0 Å². The normalized spacial score (nSPS) is 12.0. The summed E-state index contributed by atoms with van der Waals surface area (Å²) in [5, 5.41) is 20.4. The van der Waals surface area contributed by atoms with Crippen molar-refractivity contribution in [2.45, 2.75) is 6.10 Å². The van der Waals surface area contributed by atoms with Crippen molar-refractivity contribution in [3.05, 3.63) is 27.8 Å². The summed E-state index contributed by atoms with van der Waals surface area (Å²) in [5.41, 5.74) is 5.35. The molecule has 0 aliphatic carbocycles. The van der Waals surface area contributed by atoms with Crippen molar-refractivity contribution in [1.29, 1.82) is 0 Å². The van der Waals surface area contributed by atoms with E-state index in [1.54, 1.807) is 0 Å². The van der Waals surface area contributed by atoms with Crippen LogP contribution in [0, 0.1) is 10.1 Å². The molecular weight excluding hydrogens is 228 g/mol. The number of hydrogen-bond acceptors (Lipinski definition) is 6. The van der Waals surface area contributed by atoms with Crippen molar-refractivity contribution in [3.8, 4) is 11.5 Å². The predicted molar refractivity (Wildman–Crippen MR) is 60.2 cm³/mol. The third-order valence-electron chi connectivity index (χ3n) is 2.29. The summed E-state index contributed by atoms with van der Waals surface area (Å²) in [5.74, 6) is 0.203. The Hall–Kier alpha value is -1.86. The van der Waals surface area contributed by atoms with Gasteiger partial charge in [0, 0.05) is 12.6 Å². The molecule has 0 amide bonds. The molecule has 1 aromatic rings. The van der Waals surface area contributed by atoms with Crippen LogP contribution in [0.15, 0.2) is 12.1 Å². The highest BCUT2D eigenvalue weighted by Crippen LogP contribution is 2.39. The number of nitro groups is 1. The molecule has 0 bridgehead atoms. The Bertz CT molecular complexity index is 421. The number of nitrogens with zero attached hydrogens (tertiary/aromatic N) is 1. The molecule has 0 saturated heterocycles. The monoisotopic (exact) mass is 242 g/mol. The van der Waals surface area contributed by atoms with Crippen LogP contribution in [0.2, 0.25) is 0 Å². The van der Waals surface area contributed by atoms with Crippen molar-refractivity contribution < 1.29 is 19.5 Å². The topological polar surface area (TPSA) is 108 Å². The zero-order chi connectivity index (χ0) is 13.0. The molecule has 0 fully saturated rings. The van der Waals surface area contributed by atoms with Crippen LogP contribution in [0.4, 0.5) is 5.69 Å². The fourth-order valence-corrected chi connectivity index (χ4v) is 1.43. The van der Waals surface area contributed by atoms with Gasteiger partial charge in [-0.2, -0.15) is 0 Å². The predicted octanol–water partition coefficient (Wildman–Crippen LogP) is 0.604. The van der Waals surface area contributed by atoms with Crippen LogP contribution in [0.25, 0.3) is 0 Å². The first-order chi connectivity index (χ1) is 8.04. The zero-order valence-corrected chi connectivity index (χ0v) is 9.54. The van der Waals surface area contributed by atoms with E-state index in [9.17, 15) is 15.2 Å². The minimum atomic E-state index is -0.978. The first-order valence-electron chi connectivity index (χ1n) is 4.83. The van der Waals surface area contributed by atoms with Crippen molar-refractivity contribution in [2.75, 3.05) is 20.8 Å². The minimum absolute atomic E-state index is 0.0190. The van der Waals surface area contributed by atoms with Crippen molar-refractivity contribution >= 4 is 5.69 Å². The number of hydrogen-bond donors (Lipinski definition) is 2. The summed E-state index contributed by atoms with van der Waals surface area (Å²) in [6.45, 7) is -0.0351. The molecule has 0 aliphatic rings. The second-order valence-corrected chi connectivity index (χ2v) is 3.28. The third-order valence-corrected chi connectivity index (χ3v) is 2.29. The molecule has 7 heteroatoms. The largest absolute Gasteiger partial charge is 0.493 e. The Balaban J connectivity index is 3.39. The molecule has 3 N–H and O–H groups in total. The highest BCUT2D eigenvalue weighted by molar-refractivity contribution is 5.58. The maximum atomic E-state index is 10.9. The van der Waals surface area contributed by atoms with Gasteiger partial charge in [0.05, 0.1) is 25.2 Å². The molecular formula is C10H14N2O5. The van der Waals surface area contributed by atoms with E-state index in [4.69, 9.17) is 15.2 Å². The Morgan fingerprint density at radius 2 is 2.12 bits per heavy atom. The molecule has 0 saturated carbocycles. The van der Waals surface area contributed by atoms with Gasteiger partial charge in [-0.3, -0.25) is 10.1 Å². The lowest BCUT2D eigenvalue weighted by atomic mass is 10.1. The summed E-state index contributed by atoms with van der Waals surface area (Å²) in [6.07, 6.45) is -0.978. The fraction of sp³-hybridized carbons (Fsp3) is 0.400. The lowest BCUT2D eigenvalue weighted by Crippen LogP contribution is -2.12. The molecule has 1 atom stereocenters. The molecule has 0 aliphatic heterocycles. The van der Waals surface area contributed by atoms with E-state index in [1.807, 2.05) is 0 Å². The Labute approximate surface area is 97.9 Å². The van der Waals surface area contributed by atoms with Crippen molar-refractivity contribution in [1.82, 2.24) is 0 Å². The van der Waals surface area contributed by atoms with E-state index in [-0.39, 0.29) is 23.7 Å². The first-order valence-corrected chi connectivity index (χ1v) is 4.83. The highest BCUT2D eigenvalue weighted by Gasteiger charge is 2.23. The molecule has 17 heavy (non-hydrogen) atoms. The van der Waals surface area contributed by atoms with Crippen LogP contribution >= 0.6 is 0 Å².